The number of likely N-dealkylation sites (tertiary alicyclic amines) is 1. The number of β-amino-alcohol motifs (C(OH)–C–C–N with tert-alkyl or cyclic N) is 1. The van der Waals surface area contributed by atoms with Crippen molar-refractivity contribution < 1.29 is 5.11 Å². The maximum Gasteiger partial charge on any atom is 0.194 e. The van der Waals surface area contributed by atoms with Crippen molar-refractivity contribution in [2.45, 2.75) is 31.8 Å². The van der Waals surface area contributed by atoms with Crippen molar-refractivity contribution in [1.82, 2.24) is 10.2 Å². The van der Waals surface area contributed by atoms with Crippen LogP contribution in [-0.4, -0.2) is 48.2 Å². The van der Waals surface area contributed by atoms with Crippen molar-refractivity contribution in [3.8, 4) is 0 Å². The summed E-state index contributed by atoms with van der Waals surface area (Å²) in [6.45, 7) is 5.39. The molecule has 4 heteroatoms. The highest BCUT2D eigenvalue weighted by atomic mass is 16.3. The van der Waals surface area contributed by atoms with Gasteiger partial charge in [-0.2, -0.15) is 0 Å². The van der Waals surface area contributed by atoms with Crippen LogP contribution in [0.5, 0.6) is 0 Å². The maximum atomic E-state index is 9.66. The largest absolute Gasteiger partial charge is 0.391 e. The van der Waals surface area contributed by atoms with Crippen molar-refractivity contribution in [3.63, 3.8) is 0 Å². The van der Waals surface area contributed by atoms with Gasteiger partial charge in [0.2, 0.25) is 0 Å². The first kappa shape index (κ1) is 13.4. The highest BCUT2D eigenvalue weighted by Crippen LogP contribution is 2.34. The molecule has 0 bridgehead atoms. The second kappa shape index (κ2) is 5.83. The normalized spacial score (nSPS) is 25.3. The fraction of sp³-hybridized carbons (Fsp3) is 0.562. The SMILES string of the molecule is CCNC(=NCC1Cc2ccccc21)N1CC[C@@H](O)C1. The Morgan fingerprint density at radius 3 is 3.00 bits per heavy atom. The molecule has 2 aliphatic rings. The molecule has 0 spiro atoms. The molecule has 0 radical (unpaired) electrons. The molecule has 4 nitrogen and oxygen atoms in total. The Kier molecular flexibility index (Phi) is 3.92. The number of rotatable bonds is 3. The van der Waals surface area contributed by atoms with E-state index < -0.39 is 0 Å². The van der Waals surface area contributed by atoms with Crippen LogP contribution in [0, 0.1) is 0 Å². The topological polar surface area (TPSA) is 47.9 Å². The van der Waals surface area contributed by atoms with Gasteiger partial charge >= 0.3 is 0 Å². The molecule has 1 aliphatic heterocycles. The average Bonchev–Trinajstić information content (AvgIpc) is 2.85. The number of hydrogen-bond donors (Lipinski definition) is 2. The minimum absolute atomic E-state index is 0.205. The van der Waals surface area contributed by atoms with Gasteiger partial charge in [-0.3, -0.25) is 4.99 Å². The third kappa shape index (κ3) is 2.66. The Hall–Kier alpha value is -1.55. The van der Waals surface area contributed by atoms with Crippen LogP contribution >= 0.6 is 0 Å². The van der Waals surface area contributed by atoms with E-state index in [0.717, 1.165) is 38.4 Å². The second-order valence-electron chi connectivity index (χ2n) is 5.68. The first-order valence-corrected chi connectivity index (χ1v) is 7.57. The molecule has 0 amide bonds. The standard InChI is InChI=1S/C16H23N3O/c1-2-17-16(19-8-7-14(20)11-19)18-10-13-9-12-5-3-4-6-15(12)13/h3-6,13-14,20H,2,7-11H2,1H3,(H,17,18)/t13?,14-/m1/s1. The van der Waals surface area contributed by atoms with Gasteiger partial charge in [0.05, 0.1) is 6.10 Å². The number of aliphatic imine (C=N–C) groups is 1. The van der Waals surface area contributed by atoms with E-state index in [0.29, 0.717) is 12.5 Å². The van der Waals surface area contributed by atoms with Crippen LogP contribution in [0.3, 0.4) is 0 Å². The Morgan fingerprint density at radius 1 is 1.45 bits per heavy atom. The number of fused-ring (bicyclic) bond motifs is 1. The van der Waals surface area contributed by atoms with E-state index in [1.807, 2.05) is 0 Å². The summed E-state index contributed by atoms with van der Waals surface area (Å²) in [5.41, 5.74) is 2.92. The van der Waals surface area contributed by atoms with Crippen molar-refractivity contribution in [2.75, 3.05) is 26.2 Å². The third-order valence-electron chi connectivity index (χ3n) is 4.22. The van der Waals surface area contributed by atoms with E-state index in [-0.39, 0.29) is 6.10 Å². The van der Waals surface area contributed by atoms with E-state index in [9.17, 15) is 5.11 Å². The number of nitrogens with zero attached hydrogens (tertiary/aromatic N) is 2. The van der Waals surface area contributed by atoms with Crippen LogP contribution in [0.15, 0.2) is 29.3 Å². The van der Waals surface area contributed by atoms with Gasteiger partial charge in [0.15, 0.2) is 5.96 Å². The summed E-state index contributed by atoms with van der Waals surface area (Å²) >= 11 is 0. The smallest absolute Gasteiger partial charge is 0.194 e. The molecule has 0 saturated carbocycles. The summed E-state index contributed by atoms with van der Waals surface area (Å²) in [6.07, 6.45) is 1.78. The highest BCUT2D eigenvalue weighted by Gasteiger charge is 2.26. The summed E-state index contributed by atoms with van der Waals surface area (Å²) in [5.74, 6) is 1.51. The van der Waals surface area contributed by atoms with Crippen molar-refractivity contribution in [3.05, 3.63) is 35.4 Å². The lowest BCUT2D eigenvalue weighted by Crippen LogP contribution is -2.41. The van der Waals surface area contributed by atoms with Gasteiger partial charge in [0, 0.05) is 32.1 Å². The van der Waals surface area contributed by atoms with E-state index in [2.05, 4.69) is 41.4 Å². The summed E-state index contributed by atoms with van der Waals surface area (Å²) in [5, 5.41) is 13.0. The van der Waals surface area contributed by atoms with E-state index >= 15 is 0 Å². The first-order chi connectivity index (χ1) is 9.78. The molecule has 0 aromatic heterocycles. The van der Waals surface area contributed by atoms with Crippen LogP contribution in [0.4, 0.5) is 0 Å². The van der Waals surface area contributed by atoms with Gasteiger partial charge < -0.3 is 15.3 Å². The summed E-state index contributed by atoms with van der Waals surface area (Å²) in [7, 11) is 0. The molecule has 108 valence electrons. The zero-order valence-corrected chi connectivity index (χ0v) is 12.0. The fourth-order valence-electron chi connectivity index (χ4n) is 3.08. The van der Waals surface area contributed by atoms with Crippen molar-refractivity contribution >= 4 is 5.96 Å². The predicted octanol–water partition coefficient (Wildman–Crippen LogP) is 1.36. The Balaban J connectivity index is 1.64. The number of aliphatic hydroxyl groups excluding tert-OH is 1. The predicted molar refractivity (Wildman–Crippen MR) is 81.1 cm³/mol. The summed E-state index contributed by atoms with van der Waals surface area (Å²) in [6, 6.07) is 8.63. The van der Waals surface area contributed by atoms with Crippen LogP contribution in [0.2, 0.25) is 0 Å². The highest BCUT2D eigenvalue weighted by molar-refractivity contribution is 5.80. The molecule has 1 aromatic carbocycles. The van der Waals surface area contributed by atoms with Gasteiger partial charge in [-0.25, -0.2) is 0 Å². The van der Waals surface area contributed by atoms with E-state index in [1.54, 1.807) is 0 Å². The summed E-state index contributed by atoms with van der Waals surface area (Å²) in [4.78, 5) is 6.94. The lowest BCUT2D eigenvalue weighted by molar-refractivity contribution is 0.188. The molecule has 3 rings (SSSR count). The molecule has 1 fully saturated rings. The minimum Gasteiger partial charge on any atom is -0.391 e. The number of nitrogens with one attached hydrogen (secondary N) is 1. The van der Waals surface area contributed by atoms with E-state index in [1.165, 1.54) is 11.1 Å². The molecule has 2 N–H and O–H groups in total. The van der Waals surface area contributed by atoms with Crippen molar-refractivity contribution in [2.24, 2.45) is 4.99 Å². The van der Waals surface area contributed by atoms with Crippen LogP contribution < -0.4 is 5.32 Å². The number of hydrogen-bond acceptors (Lipinski definition) is 2. The Bertz CT molecular complexity index is 500. The lowest BCUT2D eigenvalue weighted by atomic mass is 9.78. The number of guanidine groups is 1. The second-order valence-corrected chi connectivity index (χ2v) is 5.68. The van der Waals surface area contributed by atoms with Gasteiger partial charge in [0.25, 0.3) is 0 Å². The van der Waals surface area contributed by atoms with Gasteiger partial charge in [-0.05, 0) is 30.9 Å². The molecule has 1 aromatic rings. The molecule has 1 unspecified atom stereocenters. The Morgan fingerprint density at radius 2 is 2.30 bits per heavy atom. The van der Waals surface area contributed by atoms with Crippen LogP contribution in [-0.2, 0) is 6.42 Å². The fourth-order valence-corrected chi connectivity index (χ4v) is 3.08. The zero-order valence-electron chi connectivity index (χ0n) is 12.0. The third-order valence-corrected chi connectivity index (χ3v) is 4.22. The lowest BCUT2D eigenvalue weighted by Gasteiger charge is -2.29. The maximum absolute atomic E-state index is 9.66. The monoisotopic (exact) mass is 273 g/mol. The molecular formula is C16H23N3O. The minimum atomic E-state index is -0.205. The van der Waals surface area contributed by atoms with Gasteiger partial charge in [-0.15, -0.1) is 0 Å². The number of aliphatic hydroxyl groups is 1. The van der Waals surface area contributed by atoms with Gasteiger partial charge in [0.1, 0.15) is 0 Å². The molecule has 1 aliphatic carbocycles. The molecule has 20 heavy (non-hydrogen) atoms. The summed E-state index contributed by atoms with van der Waals surface area (Å²) < 4.78 is 0. The molecular weight excluding hydrogens is 250 g/mol. The molecule has 1 saturated heterocycles. The van der Waals surface area contributed by atoms with Crippen LogP contribution in [0.25, 0.3) is 0 Å². The molecule has 2 atom stereocenters. The molecule has 1 heterocycles. The number of benzene rings is 1. The first-order valence-electron chi connectivity index (χ1n) is 7.57. The zero-order chi connectivity index (χ0) is 13.9. The van der Waals surface area contributed by atoms with E-state index in [4.69, 9.17) is 4.99 Å². The quantitative estimate of drug-likeness (QED) is 0.646. The Labute approximate surface area is 120 Å². The van der Waals surface area contributed by atoms with Gasteiger partial charge in [-0.1, -0.05) is 24.3 Å². The van der Waals surface area contributed by atoms with Crippen molar-refractivity contribution in [1.29, 1.82) is 0 Å². The average molecular weight is 273 g/mol. The van der Waals surface area contributed by atoms with Crippen LogP contribution in [0.1, 0.15) is 30.4 Å².